The van der Waals surface area contributed by atoms with Gasteiger partial charge in [0.15, 0.2) is 0 Å². The van der Waals surface area contributed by atoms with Crippen LogP contribution in [-0.4, -0.2) is 64.5 Å². The monoisotopic (exact) mass is 449 g/mol. The summed E-state index contributed by atoms with van der Waals surface area (Å²) in [5.41, 5.74) is 6.40. The molecular weight excluding hydrogens is 414 g/mol. The quantitative estimate of drug-likeness (QED) is 0.669. The van der Waals surface area contributed by atoms with Gasteiger partial charge in [-0.05, 0) is 57.2 Å². The molecule has 0 aromatic heterocycles. The molecule has 7 heteroatoms. The first-order valence-electron chi connectivity index (χ1n) is 11.5. The van der Waals surface area contributed by atoms with E-state index < -0.39 is 11.5 Å². The molecule has 0 spiro atoms. The lowest BCUT2D eigenvalue weighted by Gasteiger charge is -2.42. The van der Waals surface area contributed by atoms with Crippen LogP contribution in [-0.2, 0) is 16.0 Å². The third-order valence-corrected chi connectivity index (χ3v) is 6.98. The van der Waals surface area contributed by atoms with E-state index in [1.54, 1.807) is 30.9 Å². The molecule has 2 aliphatic rings. The number of carbonyl (C=O) groups excluding carboxylic acids is 2. The highest BCUT2D eigenvalue weighted by Crippen LogP contribution is 2.32. The van der Waals surface area contributed by atoms with Gasteiger partial charge in [0.25, 0.3) is 0 Å². The minimum absolute atomic E-state index is 0.00772. The van der Waals surface area contributed by atoms with E-state index in [0.29, 0.717) is 24.5 Å². The van der Waals surface area contributed by atoms with Gasteiger partial charge >= 0.3 is 0 Å². The van der Waals surface area contributed by atoms with Crippen molar-refractivity contribution >= 4 is 23.4 Å². The Hall–Kier alpha value is -1.63. The average Bonchev–Trinajstić information content (AvgIpc) is 3.25. The van der Waals surface area contributed by atoms with E-state index in [1.165, 1.54) is 6.42 Å². The Bertz CT molecular complexity index is 762. The van der Waals surface area contributed by atoms with Crippen LogP contribution < -0.4 is 5.73 Å². The highest BCUT2D eigenvalue weighted by molar-refractivity contribution is 6.30. The molecule has 3 rings (SSSR count). The number of likely N-dealkylation sites (tertiary alicyclic amines) is 1. The zero-order valence-corrected chi connectivity index (χ0v) is 19.5. The molecular formula is C24H36ClN3O3. The molecule has 2 fully saturated rings. The Balaban J connectivity index is 1.68. The smallest absolute Gasteiger partial charge is 0.239 e. The molecule has 6 nitrogen and oxygen atoms in total. The van der Waals surface area contributed by atoms with E-state index in [-0.39, 0.29) is 30.5 Å². The molecule has 3 N–H and O–H groups in total. The van der Waals surface area contributed by atoms with E-state index in [0.717, 1.165) is 37.7 Å². The number of aliphatic hydroxyl groups excluding tert-OH is 1. The number of carbonyl (C=O) groups is 2. The maximum Gasteiger partial charge on any atom is 0.239 e. The molecule has 1 saturated heterocycles. The van der Waals surface area contributed by atoms with Gasteiger partial charge in [-0.1, -0.05) is 43.0 Å². The summed E-state index contributed by atoms with van der Waals surface area (Å²) in [6.45, 7) is 4.53. The summed E-state index contributed by atoms with van der Waals surface area (Å²) in [6, 6.07) is 6.94. The molecule has 1 aliphatic heterocycles. The lowest BCUT2D eigenvalue weighted by molar-refractivity contribution is -0.149. The van der Waals surface area contributed by atoms with Crippen molar-refractivity contribution in [1.29, 1.82) is 0 Å². The fourth-order valence-corrected chi connectivity index (χ4v) is 4.90. The second-order valence-electron chi connectivity index (χ2n) is 9.71. The van der Waals surface area contributed by atoms with Crippen LogP contribution in [0.4, 0.5) is 0 Å². The normalized spacial score (nSPS) is 21.2. The summed E-state index contributed by atoms with van der Waals surface area (Å²) in [5.74, 6) is -0.0819. The Kier molecular flexibility index (Phi) is 8.00. The Morgan fingerprint density at radius 2 is 1.81 bits per heavy atom. The molecule has 1 aromatic rings. The number of amides is 2. The minimum Gasteiger partial charge on any atom is -0.395 e. The van der Waals surface area contributed by atoms with Crippen LogP contribution in [0.3, 0.4) is 0 Å². The van der Waals surface area contributed by atoms with Crippen LogP contribution >= 0.6 is 11.6 Å². The third kappa shape index (κ3) is 5.79. The van der Waals surface area contributed by atoms with Crippen LogP contribution in [0.2, 0.25) is 5.02 Å². The van der Waals surface area contributed by atoms with E-state index in [4.69, 9.17) is 17.3 Å². The van der Waals surface area contributed by atoms with Crippen LogP contribution in [0.5, 0.6) is 0 Å². The number of nitrogens with zero attached hydrogens (tertiary/aromatic N) is 2. The topological polar surface area (TPSA) is 86.9 Å². The number of rotatable bonds is 7. The molecule has 1 aromatic carbocycles. The van der Waals surface area contributed by atoms with E-state index >= 15 is 0 Å². The lowest BCUT2D eigenvalue weighted by atomic mass is 9.87. The summed E-state index contributed by atoms with van der Waals surface area (Å²) in [4.78, 5) is 30.2. The van der Waals surface area contributed by atoms with Gasteiger partial charge in [0, 0.05) is 24.2 Å². The van der Waals surface area contributed by atoms with Gasteiger partial charge in [-0.25, -0.2) is 0 Å². The summed E-state index contributed by atoms with van der Waals surface area (Å²) >= 11 is 5.94. The first-order chi connectivity index (χ1) is 14.7. The van der Waals surface area contributed by atoms with Crippen LogP contribution in [0.25, 0.3) is 0 Å². The van der Waals surface area contributed by atoms with Gasteiger partial charge in [0.1, 0.15) is 0 Å². The Morgan fingerprint density at radius 1 is 1.16 bits per heavy atom. The van der Waals surface area contributed by atoms with Crippen molar-refractivity contribution in [2.24, 2.45) is 11.1 Å². The van der Waals surface area contributed by atoms with Crippen molar-refractivity contribution in [3.63, 3.8) is 0 Å². The van der Waals surface area contributed by atoms with Crippen molar-refractivity contribution in [3.05, 3.63) is 34.9 Å². The van der Waals surface area contributed by atoms with Crippen molar-refractivity contribution < 1.29 is 14.7 Å². The van der Waals surface area contributed by atoms with E-state index in [1.807, 2.05) is 17.0 Å². The van der Waals surface area contributed by atoms with Crippen LogP contribution in [0.1, 0.15) is 57.9 Å². The fraction of sp³-hybridized carbons (Fsp3) is 0.667. The average molecular weight is 450 g/mol. The van der Waals surface area contributed by atoms with Gasteiger partial charge in [0.2, 0.25) is 11.8 Å². The fourth-order valence-electron chi connectivity index (χ4n) is 4.77. The summed E-state index contributed by atoms with van der Waals surface area (Å²) < 4.78 is 0. The Labute approximate surface area is 190 Å². The van der Waals surface area contributed by atoms with E-state index in [2.05, 4.69) is 0 Å². The van der Waals surface area contributed by atoms with E-state index in [9.17, 15) is 14.7 Å². The largest absolute Gasteiger partial charge is 0.395 e. The molecule has 1 saturated carbocycles. The van der Waals surface area contributed by atoms with Gasteiger partial charge in [-0.2, -0.15) is 0 Å². The number of hydrogen-bond acceptors (Lipinski definition) is 4. The number of aliphatic hydroxyl groups is 1. The molecule has 2 unspecified atom stereocenters. The number of halogens is 1. The highest BCUT2D eigenvalue weighted by Gasteiger charge is 2.42. The van der Waals surface area contributed by atoms with Gasteiger partial charge in [0.05, 0.1) is 24.1 Å². The second-order valence-corrected chi connectivity index (χ2v) is 10.1. The van der Waals surface area contributed by atoms with Gasteiger partial charge in [-0.15, -0.1) is 0 Å². The van der Waals surface area contributed by atoms with Crippen molar-refractivity contribution in [2.45, 2.75) is 76.9 Å². The first kappa shape index (κ1) is 24.0. The zero-order chi connectivity index (χ0) is 22.6. The predicted octanol–water partition coefficient (Wildman–Crippen LogP) is 2.99. The maximum atomic E-state index is 13.4. The molecule has 1 aliphatic carbocycles. The third-order valence-electron chi connectivity index (χ3n) is 6.73. The molecule has 31 heavy (non-hydrogen) atoms. The second kappa shape index (κ2) is 10.3. The first-order valence-corrected chi connectivity index (χ1v) is 11.8. The predicted molar refractivity (Wildman–Crippen MR) is 123 cm³/mol. The van der Waals surface area contributed by atoms with Gasteiger partial charge < -0.3 is 20.6 Å². The Morgan fingerprint density at radius 3 is 2.42 bits per heavy atom. The van der Waals surface area contributed by atoms with Crippen molar-refractivity contribution in [3.8, 4) is 0 Å². The number of benzene rings is 1. The molecule has 0 radical (unpaired) electrons. The summed E-state index contributed by atoms with van der Waals surface area (Å²) in [5, 5.41) is 10.4. The number of nitrogens with two attached hydrogens (primary N) is 1. The molecule has 172 valence electrons. The molecule has 2 atom stereocenters. The molecule has 0 bridgehead atoms. The van der Waals surface area contributed by atoms with Gasteiger partial charge in [-0.3, -0.25) is 9.59 Å². The maximum absolute atomic E-state index is 13.4. The van der Waals surface area contributed by atoms with Crippen molar-refractivity contribution in [2.75, 3.05) is 19.7 Å². The van der Waals surface area contributed by atoms with Crippen LogP contribution in [0.15, 0.2) is 24.3 Å². The highest BCUT2D eigenvalue weighted by atomic mass is 35.5. The number of hydrogen-bond donors (Lipinski definition) is 2. The zero-order valence-electron chi connectivity index (χ0n) is 18.7. The SMILES string of the molecule is CC(C)(CO)C(=O)N(C1CCCCC1)C1CCN(C(=O)C(N)Cc2ccc(Cl)cc2)C1. The standard InChI is InChI=1S/C24H36ClN3O3/c1-24(2,16-29)23(31)28(19-6-4-3-5-7-19)20-12-13-27(15-20)22(30)21(26)14-17-8-10-18(25)11-9-17/h8-11,19-21,29H,3-7,12-16,26H2,1-2H3. The van der Waals surface area contributed by atoms with Crippen LogP contribution in [0, 0.1) is 5.41 Å². The minimum atomic E-state index is -0.820. The van der Waals surface area contributed by atoms with Crippen molar-refractivity contribution in [1.82, 2.24) is 9.80 Å². The summed E-state index contributed by atoms with van der Waals surface area (Å²) in [7, 11) is 0. The lowest BCUT2D eigenvalue weighted by Crippen LogP contribution is -2.54. The molecule has 1 heterocycles. The summed E-state index contributed by atoms with van der Waals surface area (Å²) in [6.07, 6.45) is 6.64. The molecule has 2 amide bonds.